The van der Waals surface area contributed by atoms with Crippen LogP contribution < -0.4 is 19.7 Å². The number of para-hydroxylation sites is 1. The fraction of sp³-hybridized carbons (Fsp3) is 0.333. The summed E-state index contributed by atoms with van der Waals surface area (Å²) in [6.45, 7) is 0.119. The van der Waals surface area contributed by atoms with E-state index in [-0.39, 0.29) is 35.2 Å². The van der Waals surface area contributed by atoms with Gasteiger partial charge >= 0.3 is 0 Å². The standard InChI is InChI=1S/C21H24N2O6S/c1-28-17-8-7-15(13-18(17)29-2)9-11-22-20(24)14-23-16-5-3-4-6-19(16)30(26,27)12-10-21(23)25/h3-8,13H,9-12,14H2,1-2H3,(H,22,24). The molecule has 0 spiro atoms. The lowest BCUT2D eigenvalue weighted by molar-refractivity contribution is -0.123. The van der Waals surface area contributed by atoms with Crippen LogP contribution in [0.15, 0.2) is 47.4 Å². The molecule has 0 unspecified atom stereocenters. The molecule has 2 aromatic carbocycles. The van der Waals surface area contributed by atoms with Crippen molar-refractivity contribution in [1.82, 2.24) is 5.32 Å². The number of sulfone groups is 1. The second-order valence-electron chi connectivity index (χ2n) is 6.81. The maximum absolute atomic E-state index is 12.5. The average molecular weight is 432 g/mol. The minimum absolute atomic E-state index is 0.0778. The summed E-state index contributed by atoms with van der Waals surface area (Å²) >= 11 is 0. The quantitative estimate of drug-likeness (QED) is 0.713. The summed E-state index contributed by atoms with van der Waals surface area (Å²) in [4.78, 5) is 26.3. The molecule has 1 aliphatic heterocycles. The highest BCUT2D eigenvalue weighted by Gasteiger charge is 2.31. The molecule has 30 heavy (non-hydrogen) atoms. The molecule has 9 heteroatoms. The van der Waals surface area contributed by atoms with Gasteiger partial charge < -0.3 is 19.7 Å². The van der Waals surface area contributed by atoms with Crippen LogP contribution in [0.4, 0.5) is 5.69 Å². The van der Waals surface area contributed by atoms with Gasteiger partial charge in [-0.3, -0.25) is 9.59 Å². The van der Waals surface area contributed by atoms with Crippen LogP contribution in [0.1, 0.15) is 12.0 Å². The number of carbonyl (C=O) groups excluding carboxylic acids is 2. The van der Waals surface area contributed by atoms with Crippen LogP contribution in [-0.4, -0.2) is 53.3 Å². The van der Waals surface area contributed by atoms with Gasteiger partial charge in [-0.1, -0.05) is 18.2 Å². The van der Waals surface area contributed by atoms with E-state index in [1.54, 1.807) is 38.5 Å². The van der Waals surface area contributed by atoms with Gasteiger partial charge in [-0.2, -0.15) is 0 Å². The number of methoxy groups -OCH3 is 2. The normalized spacial score (nSPS) is 15.1. The molecule has 8 nitrogen and oxygen atoms in total. The Balaban J connectivity index is 1.65. The third-order valence-electron chi connectivity index (χ3n) is 4.86. The molecule has 0 aromatic heterocycles. The zero-order valence-electron chi connectivity index (χ0n) is 16.9. The van der Waals surface area contributed by atoms with Gasteiger partial charge in [0.05, 0.1) is 30.6 Å². The van der Waals surface area contributed by atoms with Gasteiger partial charge in [-0.15, -0.1) is 0 Å². The third kappa shape index (κ3) is 4.73. The molecule has 1 N–H and O–H groups in total. The summed E-state index contributed by atoms with van der Waals surface area (Å²) in [5, 5.41) is 2.78. The van der Waals surface area contributed by atoms with E-state index in [4.69, 9.17) is 9.47 Å². The molecule has 0 fully saturated rings. The number of rotatable bonds is 7. The second-order valence-corrected chi connectivity index (χ2v) is 8.88. The monoisotopic (exact) mass is 432 g/mol. The number of hydrogen-bond donors (Lipinski definition) is 1. The van der Waals surface area contributed by atoms with Crippen LogP contribution in [-0.2, 0) is 25.8 Å². The van der Waals surface area contributed by atoms with Gasteiger partial charge in [-0.05, 0) is 36.2 Å². The summed E-state index contributed by atoms with van der Waals surface area (Å²) in [6, 6.07) is 11.8. The lowest BCUT2D eigenvalue weighted by atomic mass is 10.1. The van der Waals surface area contributed by atoms with E-state index in [9.17, 15) is 18.0 Å². The number of anilines is 1. The zero-order chi connectivity index (χ0) is 21.7. The second kappa shape index (κ2) is 9.17. The number of hydrogen-bond acceptors (Lipinski definition) is 6. The van der Waals surface area contributed by atoms with Crippen molar-refractivity contribution < 1.29 is 27.5 Å². The number of benzene rings is 2. The van der Waals surface area contributed by atoms with Crippen LogP contribution in [0.2, 0.25) is 0 Å². The Morgan fingerprint density at radius 2 is 1.83 bits per heavy atom. The predicted octanol–water partition coefficient (Wildman–Crippen LogP) is 1.57. The highest BCUT2D eigenvalue weighted by molar-refractivity contribution is 7.91. The first kappa shape index (κ1) is 21.6. The van der Waals surface area contributed by atoms with Crippen molar-refractivity contribution >= 4 is 27.3 Å². The van der Waals surface area contributed by atoms with Gasteiger partial charge in [0.25, 0.3) is 0 Å². The first-order valence-corrected chi connectivity index (χ1v) is 11.1. The third-order valence-corrected chi connectivity index (χ3v) is 6.62. The Labute approximate surface area is 175 Å². The first-order valence-electron chi connectivity index (χ1n) is 9.45. The molecule has 0 saturated carbocycles. The van der Waals surface area contributed by atoms with E-state index in [0.29, 0.717) is 24.5 Å². The number of nitrogens with zero attached hydrogens (tertiary/aromatic N) is 1. The van der Waals surface area contributed by atoms with Gasteiger partial charge in [0, 0.05) is 13.0 Å². The minimum Gasteiger partial charge on any atom is -0.493 e. The molecule has 160 valence electrons. The van der Waals surface area contributed by atoms with Crippen LogP contribution in [0.3, 0.4) is 0 Å². The van der Waals surface area contributed by atoms with Crippen LogP contribution in [0, 0.1) is 0 Å². The fourth-order valence-electron chi connectivity index (χ4n) is 3.30. The molecule has 0 bridgehead atoms. The largest absolute Gasteiger partial charge is 0.493 e. The Hall–Kier alpha value is -3.07. The lowest BCUT2D eigenvalue weighted by Gasteiger charge is -2.21. The molecule has 0 atom stereocenters. The zero-order valence-corrected chi connectivity index (χ0v) is 17.7. The van der Waals surface area contributed by atoms with Gasteiger partial charge in [0.1, 0.15) is 6.54 Å². The van der Waals surface area contributed by atoms with Crippen molar-refractivity contribution in [1.29, 1.82) is 0 Å². The lowest BCUT2D eigenvalue weighted by Crippen LogP contribution is -2.41. The van der Waals surface area contributed by atoms with Crippen molar-refractivity contribution in [2.24, 2.45) is 0 Å². The number of ether oxygens (including phenoxy) is 2. The number of nitrogens with one attached hydrogen (secondary N) is 1. The Kier molecular flexibility index (Phi) is 6.61. The van der Waals surface area contributed by atoms with E-state index in [1.807, 2.05) is 12.1 Å². The molecular formula is C21H24N2O6S. The minimum atomic E-state index is -3.56. The Morgan fingerprint density at radius 3 is 2.57 bits per heavy atom. The van der Waals surface area contributed by atoms with Gasteiger partial charge in [-0.25, -0.2) is 8.42 Å². The first-order chi connectivity index (χ1) is 14.4. The molecule has 2 amide bonds. The topological polar surface area (TPSA) is 102 Å². The molecule has 0 saturated heterocycles. The molecular weight excluding hydrogens is 408 g/mol. The Morgan fingerprint density at radius 1 is 1.10 bits per heavy atom. The summed E-state index contributed by atoms with van der Waals surface area (Å²) in [6.07, 6.45) is 0.404. The van der Waals surface area contributed by atoms with Gasteiger partial charge in [0.15, 0.2) is 21.3 Å². The SMILES string of the molecule is COc1ccc(CCNC(=O)CN2C(=O)CCS(=O)(=O)c3ccccc32)cc1OC. The Bertz CT molecular complexity index is 1050. The molecule has 0 radical (unpaired) electrons. The molecule has 0 aliphatic carbocycles. The predicted molar refractivity (Wildman–Crippen MR) is 112 cm³/mol. The number of carbonyl (C=O) groups is 2. The summed E-state index contributed by atoms with van der Waals surface area (Å²) in [7, 11) is -0.446. The summed E-state index contributed by atoms with van der Waals surface area (Å²) < 4.78 is 35.3. The van der Waals surface area contributed by atoms with Crippen molar-refractivity contribution in [3.05, 3.63) is 48.0 Å². The molecule has 1 heterocycles. The molecule has 3 rings (SSSR count). The summed E-state index contributed by atoms with van der Waals surface area (Å²) in [5.74, 6) is 0.213. The van der Waals surface area contributed by atoms with E-state index in [1.165, 1.54) is 11.0 Å². The van der Waals surface area contributed by atoms with Crippen LogP contribution in [0.5, 0.6) is 11.5 Å². The molecule has 1 aliphatic rings. The van der Waals surface area contributed by atoms with E-state index < -0.39 is 15.7 Å². The highest BCUT2D eigenvalue weighted by Crippen LogP contribution is 2.30. The van der Waals surface area contributed by atoms with Gasteiger partial charge in [0.2, 0.25) is 11.8 Å². The van der Waals surface area contributed by atoms with E-state index in [2.05, 4.69) is 5.32 Å². The van der Waals surface area contributed by atoms with Crippen molar-refractivity contribution in [3.8, 4) is 11.5 Å². The smallest absolute Gasteiger partial charge is 0.240 e. The van der Waals surface area contributed by atoms with Crippen LogP contribution in [0.25, 0.3) is 0 Å². The van der Waals surface area contributed by atoms with E-state index in [0.717, 1.165) is 5.56 Å². The molecule has 2 aromatic rings. The summed E-state index contributed by atoms with van der Waals surface area (Å²) in [5.41, 5.74) is 1.20. The van der Waals surface area contributed by atoms with Crippen LogP contribution >= 0.6 is 0 Å². The maximum atomic E-state index is 12.5. The van der Waals surface area contributed by atoms with Crippen molar-refractivity contribution in [3.63, 3.8) is 0 Å². The number of amides is 2. The highest BCUT2D eigenvalue weighted by atomic mass is 32.2. The fourth-order valence-corrected chi connectivity index (χ4v) is 4.75. The van der Waals surface area contributed by atoms with Crippen molar-refractivity contribution in [2.75, 3.05) is 38.0 Å². The van der Waals surface area contributed by atoms with E-state index >= 15 is 0 Å². The maximum Gasteiger partial charge on any atom is 0.240 e. The van der Waals surface area contributed by atoms with Crippen molar-refractivity contribution in [2.45, 2.75) is 17.7 Å². The average Bonchev–Trinajstić information content (AvgIpc) is 2.84. The number of fused-ring (bicyclic) bond motifs is 1.